The molecule has 112 valence electrons. The molecule has 1 aromatic rings. The first-order chi connectivity index (χ1) is 9.34. The zero-order valence-corrected chi connectivity index (χ0v) is 13.0. The summed E-state index contributed by atoms with van der Waals surface area (Å²) in [5.41, 5.74) is 0.568. The van der Waals surface area contributed by atoms with E-state index < -0.39 is 19.7 Å². The summed E-state index contributed by atoms with van der Waals surface area (Å²) in [6.07, 6.45) is 1.03. The Hall–Kier alpha value is -1.08. The maximum Gasteiger partial charge on any atom is 0.180 e. The number of anilines is 1. The van der Waals surface area contributed by atoms with Gasteiger partial charge in [-0.3, -0.25) is 0 Å². The number of para-hydroxylation sites is 1. The van der Waals surface area contributed by atoms with Gasteiger partial charge in [0.2, 0.25) is 0 Å². The van der Waals surface area contributed by atoms with Gasteiger partial charge in [0.1, 0.15) is 9.84 Å². The largest absolute Gasteiger partial charge is 0.381 e. The average molecular weight is 317 g/mol. The van der Waals surface area contributed by atoms with Crippen molar-refractivity contribution in [2.24, 2.45) is 0 Å². The van der Waals surface area contributed by atoms with Crippen molar-refractivity contribution in [1.82, 2.24) is 0 Å². The summed E-state index contributed by atoms with van der Waals surface area (Å²) >= 11 is 0. The van der Waals surface area contributed by atoms with Crippen molar-refractivity contribution in [3.8, 4) is 0 Å². The van der Waals surface area contributed by atoms with Crippen molar-refractivity contribution in [2.45, 2.75) is 30.7 Å². The van der Waals surface area contributed by atoms with Gasteiger partial charge < -0.3 is 5.32 Å². The number of nitrogens with one attached hydrogen (secondary N) is 1. The third kappa shape index (κ3) is 3.52. The predicted molar refractivity (Wildman–Crippen MR) is 79.5 cm³/mol. The van der Waals surface area contributed by atoms with Crippen molar-refractivity contribution in [2.75, 3.05) is 22.6 Å². The van der Waals surface area contributed by atoms with Crippen LogP contribution in [0.4, 0.5) is 5.69 Å². The monoisotopic (exact) mass is 317 g/mol. The summed E-state index contributed by atoms with van der Waals surface area (Å²) in [5, 5.41) is 3.18. The normalized spacial score (nSPS) is 19.6. The van der Waals surface area contributed by atoms with E-state index in [4.69, 9.17) is 0 Å². The van der Waals surface area contributed by atoms with E-state index in [1.807, 2.05) is 0 Å². The van der Waals surface area contributed by atoms with Gasteiger partial charge in [-0.25, -0.2) is 16.8 Å². The van der Waals surface area contributed by atoms with Gasteiger partial charge in [0.25, 0.3) is 0 Å². The number of benzene rings is 1. The number of hydrogen-bond acceptors (Lipinski definition) is 5. The molecule has 1 aliphatic rings. The van der Waals surface area contributed by atoms with E-state index in [1.165, 1.54) is 0 Å². The molecule has 0 unspecified atom stereocenters. The molecular weight excluding hydrogens is 298 g/mol. The van der Waals surface area contributed by atoms with Crippen LogP contribution in [-0.4, -0.2) is 40.1 Å². The molecule has 0 amide bonds. The molecule has 0 bridgehead atoms. The Morgan fingerprint density at radius 2 is 1.80 bits per heavy atom. The molecule has 1 fully saturated rings. The van der Waals surface area contributed by atoms with Crippen LogP contribution in [-0.2, 0) is 19.7 Å². The van der Waals surface area contributed by atoms with Gasteiger partial charge in [-0.1, -0.05) is 19.1 Å². The molecule has 1 N–H and O–H groups in total. The lowest BCUT2D eigenvalue weighted by molar-refractivity contribution is 0.558. The minimum absolute atomic E-state index is 0.00623. The SMILES string of the molecule is CCS(=O)(=O)c1ccccc1NC1CCS(=O)(=O)CC1. The van der Waals surface area contributed by atoms with Crippen LogP contribution in [0, 0.1) is 0 Å². The minimum atomic E-state index is -3.28. The van der Waals surface area contributed by atoms with Crippen molar-refractivity contribution in [3.05, 3.63) is 24.3 Å². The molecular formula is C13H19NO4S2. The van der Waals surface area contributed by atoms with Crippen molar-refractivity contribution < 1.29 is 16.8 Å². The van der Waals surface area contributed by atoms with Crippen LogP contribution in [0.3, 0.4) is 0 Å². The first kappa shape index (κ1) is 15.3. The Morgan fingerprint density at radius 3 is 2.40 bits per heavy atom. The van der Waals surface area contributed by atoms with Crippen LogP contribution in [0.25, 0.3) is 0 Å². The Kier molecular flexibility index (Phi) is 4.39. The zero-order valence-electron chi connectivity index (χ0n) is 11.4. The molecule has 20 heavy (non-hydrogen) atoms. The molecule has 0 aromatic heterocycles. The molecule has 0 aliphatic carbocycles. The fourth-order valence-electron chi connectivity index (χ4n) is 2.27. The Labute approximate surface area is 120 Å². The highest BCUT2D eigenvalue weighted by atomic mass is 32.2. The molecule has 0 radical (unpaired) electrons. The van der Waals surface area contributed by atoms with E-state index in [2.05, 4.69) is 5.32 Å². The molecule has 2 rings (SSSR count). The molecule has 0 atom stereocenters. The second kappa shape index (κ2) is 5.73. The van der Waals surface area contributed by atoms with Crippen LogP contribution >= 0.6 is 0 Å². The topological polar surface area (TPSA) is 80.3 Å². The Balaban J connectivity index is 2.19. The maximum atomic E-state index is 12.0. The van der Waals surface area contributed by atoms with Crippen LogP contribution in [0.5, 0.6) is 0 Å². The van der Waals surface area contributed by atoms with E-state index >= 15 is 0 Å². The first-order valence-corrected chi connectivity index (χ1v) is 10.1. The van der Waals surface area contributed by atoms with Gasteiger partial charge in [-0.15, -0.1) is 0 Å². The smallest absolute Gasteiger partial charge is 0.180 e. The van der Waals surface area contributed by atoms with Crippen LogP contribution in [0.15, 0.2) is 29.2 Å². The maximum absolute atomic E-state index is 12.0. The lowest BCUT2D eigenvalue weighted by atomic mass is 10.1. The summed E-state index contributed by atoms with van der Waals surface area (Å²) in [6.45, 7) is 1.61. The quantitative estimate of drug-likeness (QED) is 0.909. The minimum Gasteiger partial charge on any atom is -0.381 e. The summed E-state index contributed by atoms with van der Waals surface area (Å²) in [6, 6.07) is 6.79. The summed E-state index contributed by atoms with van der Waals surface area (Å²) in [5.74, 6) is 0.367. The number of sulfone groups is 2. The van der Waals surface area contributed by atoms with Gasteiger partial charge in [0, 0.05) is 6.04 Å². The molecule has 0 saturated carbocycles. The highest BCUT2D eigenvalue weighted by molar-refractivity contribution is 7.91. The fraction of sp³-hybridized carbons (Fsp3) is 0.538. The van der Waals surface area contributed by atoms with Gasteiger partial charge in [0.05, 0.1) is 27.8 Å². The van der Waals surface area contributed by atoms with Gasteiger partial charge in [0.15, 0.2) is 9.84 Å². The van der Waals surface area contributed by atoms with E-state index in [-0.39, 0.29) is 28.2 Å². The number of hydrogen-bond donors (Lipinski definition) is 1. The fourth-order valence-corrected chi connectivity index (χ4v) is 4.82. The van der Waals surface area contributed by atoms with E-state index in [0.29, 0.717) is 18.5 Å². The van der Waals surface area contributed by atoms with Crippen molar-refractivity contribution in [1.29, 1.82) is 0 Å². The molecule has 1 saturated heterocycles. The van der Waals surface area contributed by atoms with Crippen LogP contribution in [0.2, 0.25) is 0 Å². The molecule has 1 aromatic carbocycles. The van der Waals surface area contributed by atoms with Crippen molar-refractivity contribution in [3.63, 3.8) is 0 Å². The van der Waals surface area contributed by atoms with E-state index in [1.54, 1.807) is 31.2 Å². The number of rotatable bonds is 4. The highest BCUT2D eigenvalue weighted by Gasteiger charge is 2.25. The van der Waals surface area contributed by atoms with Crippen LogP contribution < -0.4 is 5.32 Å². The standard InChI is InChI=1S/C13H19NO4S2/c1-2-20(17,18)13-6-4-3-5-12(13)14-11-7-9-19(15,16)10-8-11/h3-6,11,14H,2,7-10H2,1H3. The summed E-state index contributed by atoms with van der Waals surface area (Å²) < 4.78 is 46.9. The lowest BCUT2D eigenvalue weighted by Gasteiger charge is -2.25. The Bertz CT molecular complexity index is 666. The molecule has 7 heteroatoms. The second-order valence-electron chi connectivity index (χ2n) is 4.97. The third-order valence-corrected chi connectivity index (χ3v) is 7.02. The van der Waals surface area contributed by atoms with Crippen molar-refractivity contribution >= 4 is 25.4 Å². The van der Waals surface area contributed by atoms with E-state index in [9.17, 15) is 16.8 Å². The summed E-state index contributed by atoms with van der Waals surface area (Å²) in [7, 11) is -6.19. The first-order valence-electron chi connectivity index (χ1n) is 6.63. The average Bonchev–Trinajstić information content (AvgIpc) is 2.42. The lowest BCUT2D eigenvalue weighted by Crippen LogP contribution is -2.32. The zero-order chi connectivity index (χ0) is 14.8. The Morgan fingerprint density at radius 1 is 1.20 bits per heavy atom. The summed E-state index contributed by atoms with van der Waals surface area (Å²) in [4.78, 5) is 0.288. The molecule has 1 aliphatic heterocycles. The third-order valence-electron chi connectivity index (χ3n) is 3.52. The molecule has 0 spiro atoms. The van der Waals surface area contributed by atoms with E-state index in [0.717, 1.165) is 0 Å². The molecule has 5 nitrogen and oxygen atoms in total. The second-order valence-corrected chi connectivity index (χ2v) is 9.52. The van der Waals surface area contributed by atoms with Gasteiger partial charge in [-0.05, 0) is 25.0 Å². The molecule has 1 heterocycles. The van der Waals surface area contributed by atoms with Gasteiger partial charge >= 0.3 is 0 Å². The van der Waals surface area contributed by atoms with Crippen LogP contribution in [0.1, 0.15) is 19.8 Å². The van der Waals surface area contributed by atoms with Gasteiger partial charge in [-0.2, -0.15) is 0 Å². The highest BCUT2D eigenvalue weighted by Crippen LogP contribution is 2.25. The predicted octanol–water partition coefficient (Wildman–Crippen LogP) is 1.47.